The number of aliphatic carboxylic acids is 1. The summed E-state index contributed by atoms with van der Waals surface area (Å²) in [6, 6.07) is 25.7. The van der Waals surface area contributed by atoms with Crippen LogP contribution in [0.1, 0.15) is 0 Å². The number of carbonyl (C=O) groups is 2. The highest BCUT2D eigenvalue weighted by Gasteiger charge is 2.19. The molecule has 5 aromatic rings. The van der Waals surface area contributed by atoms with E-state index in [1.165, 1.54) is 24.3 Å². The van der Waals surface area contributed by atoms with Gasteiger partial charge >= 0.3 is 11.9 Å². The number of nitrogens with two attached hydrogens (primary N) is 1. The standard InChI is InChI=1S/C30H22N6O7S/c31-19-9-14-24(25(15-19)32-29(38)30(39)40)35-33-20-10-5-17(6-11-20)18-7-12-21(13-8-18)34-36-26-16-27(44(41,42)43)22-3-1-2-4-23(22)28(26)37/h1-16,37H,31H2,(H,32,38)(H,39,40)(H,41,42,43). The Morgan fingerprint density at radius 2 is 1.25 bits per heavy atom. The van der Waals surface area contributed by atoms with Crippen LogP contribution in [0.25, 0.3) is 21.9 Å². The van der Waals surface area contributed by atoms with Crippen molar-refractivity contribution >= 4 is 66.9 Å². The quantitative estimate of drug-likeness (QED) is 0.0564. The second-order valence-corrected chi connectivity index (χ2v) is 10.7. The minimum Gasteiger partial charge on any atom is -0.505 e. The number of phenols is 1. The summed E-state index contributed by atoms with van der Waals surface area (Å²) in [6.45, 7) is 0. The summed E-state index contributed by atoms with van der Waals surface area (Å²) in [4.78, 5) is 22.1. The lowest BCUT2D eigenvalue weighted by molar-refractivity contribution is -0.147. The Hall–Kier alpha value is -5.99. The Morgan fingerprint density at radius 3 is 1.80 bits per heavy atom. The zero-order chi connectivity index (χ0) is 31.4. The van der Waals surface area contributed by atoms with Gasteiger partial charge in [0.2, 0.25) is 0 Å². The monoisotopic (exact) mass is 610 g/mol. The van der Waals surface area contributed by atoms with Gasteiger partial charge in [-0.2, -0.15) is 18.6 Å². The predicted molar refractivity (Wildman–Crippen MR) is 163 cm³/mol. The third-order valence-corrected chi connectivity index (χ3v) is 7.21. The number of amides is 1. The highest BCUT2D eigenvalue weighted by molar-refractivity contribution is 7.86. The Labute approximate surface area is 249 Å². The summed E-state index contributed by atoms with van der Waals surface area (Å²) < 4.78 is 33.5. The first kappa shape index (κ1) is 29.5. The molecule has 6 N–H and O–H groups in total. The fraction of sp³-hybridized carbons (Fsp3) is 0. The van der Waals surface area contributed by atoms with Crippen molar-refractivity contribution < 1.29 is 32.8 Å². The number of hydrogen-bond donors (Lipinski definition) is 5. The molecule has 0 fully saturated rings. The van der Waals surface area contributed by atoms with Crippen molar-refractivity contribution in [1.29, 1.82) is 0 Å². The molecule has 0 aliphatic carbocycles. The van der Waals surface area contributed by atoms with Crippen molar-refractivity contribution in [3.05, 3.63) is 97.1 Å². The molecule has 44 heavy (non-hydrogen) atoms. The van der Waals surface area contributed by atoms with Crippen LogP contribution in [0.4, 0.5) is 34.1 Å². The molecule has 0 aromatic heterocycles. The Morgan fingerprint density at radius 1 is 0.705 bits per heavy atom. The largest absolute Gasteiger partial charge is 0.505 e. The first-order chi connectivity index (χ1) is 21.0. The average molecular weight is 611 g/mol. The number of benzene rings is 5. The van der Waals surface area contributed by atoms with Crippen LogP contribution in [0.2, 0.25) is 0 Å². The minimum absolute atomic E-state index is 0.102. The minimum atomic E-state index is -4.58. The number of aromatic hydroxyl groups is 1. The van der Waals surface area contributed by atoms with Crippen LogP contribution in [0.5, 0.6) is 5.75 Å². The molecule has 13 nitrogen and oxygen atoms in total. The number of nitrogen functional groups attached to an aromatic ring is 1. The summed E-state index contributed by atoms with van der Waals surface area (Å²) in [5.41, 5.74) is 8.84. The molecule has 0 spiro atoms. The van der Waals surface area contributed by atoms with Gasteiger partial charge in [-0.1, -0.05) is 48.5 Å². The molecular formula is C30H22N6O7S. The van der Waals surface area contributed by atoms with Crippen LogP contribution in [-0.2, 0) is 19.7 Å². The highest BCUT2D eigenvalue weighted by atomic mass is 32.2. The van der Waals surface area contributed by atoms with E-state index in [1.807, 2.05) is 12.1 Å². The number of rotatable bonds is 7. The van der Waals surface area contributed by atoms with E-state index in [1.54, 1.807) is 54.6 Å². The fourth-order valence-corrected chi connectivity index (χ4v) is 4.90. The fourth-order valence-electron chi connectivity index (χ4n) is 4.18. The summed E-state index contributed by atoms with van der Waals surface area (Å²) >= 11 is 0. The smallest absolute Gasteiger partial charge is 0.394 e. The van der Waals surface area contributed by atoms with E-state index in [9.17, 15) is 27.7 Å². The van der Waals surface area contributed by atoms with Gasteiger partial charge in [0.15, 0.2) is 5.75 Å². The van der Waals surface area contributed by atoms with Gasteiger partial charge in [0, 0.05) is 16.5 Å². The Bertz CT molecular complexity index is 2080. The number of anilines is 2. The molecule has 14 heteroatoms. The van der Waals surface area contributed by atoms with E-state index < -0.39 is 26.9 Å². The van der Waals surface area contributed by atoms with Crippen LogP contribution in [0, 0.1) is 0 Å². The number of azo groups is 2. The Balaban J connectivity index is 1.32. The molecular weight excluding hydrogens is 588 g/mol. The van der Waals surface area contributed by atoms with Crippen molar-refractivity contribution in [1.82, 2.24) is 0 Å². The molecule has 5 rings (SSSR count). The van der Waals surface area contributed by atoms with Crippen molar-refractivity contribution in [2.24, 2.45) is 20.5 Å². The van der Waals surface area contributed by atoms with Gasteiger partial charge in [-0.05, 0) is 59.7 Å². The molecule has 0 bridgehead atoms. The number of fused-ring (bicyclic) bond motifs is 1. The van der Waals surface area contributed by atoms with E-state index in [2.05, 4.69) is 25.8 Å². The van der Waals surface area contributed by atoms with Gasteiger partial charge in [0.05, 0.1) is 17.1 Å². The second kappa shape index (κ2) is 12.1. The molecule has 1 amide bonds. The van der Waals surface area contributed by atoms with Gasteiger partial charge < -0.3 is 21.3 Å². The van der Waals surface area contributed by atoms with Crippen molar-refractivity contribution in [3.8, 4) is 16.9 Å². The maximum Gasteiger partial charge on any atom is 0.394 e. The molecule has 0 radical (unpaired) electrons. The summed E-state index contributed by atoms with van der Waals surface area (Å²) in [7, 11) is -4.58. The van der Waals surface area contributed by atoms with Crippen LogP contribution >= 0.6 is 0 Å². The average Bonchev–Trinajstić information content (AvgIpc) is 3.00. The third-order valence-electron chi connectivity index (χ3n) is 6.31. The topological polar surface area (TPSA) is 216 Å². The number of carboxylic acids is 1. The number of hydrogen-bond acceptors (Lipinski definition) is 10. The summed E-state index contributed by atoms with van der Waals surface area (Å²) in [5, 5.41) is 38.4. The highest BCUT2D eigenvalue weighted by Crippen LogP contribution is 2.39. The maximum absolute atomic E-state index is 11.9. The maximum atomic E-state index is 11.9. The van der Waals surface area contributed by atoms with E-state index in [4.69, 9.17) is 10.8 Å². The summed E-state index contributed by atoms with van der Waals surface area (Å²) in [5.74, 6) is -3.16. The van der Waals surface area contributed by atoms with Gasteiger partial charge in [0.25, 0.3) is 10.1 Å². The first-order valence-electron chi connectivity index (χ1n) is 12.7. The molecule has 0 saturated heterocycles. The Kier molecular flexibility index (Phi) is 8.10. The lowest BCUT2D eigenvalue weighted by Gasteiger charge is -2.08. The molecule has 0 aliphatic heterocycles. The molecule has 220 valence electrons. The zero-order valence-corrected chi connectivity index (χ0v) is 23.3. The SMILES string of the molecule is Nc1ccc(N=Nc2ccc(-c3ccc(N=Nc4cc(S(=O)(=O)O)c5ccccc5c4O)cc3)cc2)c(NC(=O)C(=O)O)c1. The number of carbonyl (C=O) groups excluding carboxylic acids is 1. The third kappa shape index (κ3) is 6.56. The van der Waals surface area contributed by atoms with Gasteiger partial charge in [-0.25, -0.2) is 4.79 Å². The number of carboxylic acid groups (broad SMARTS) is 1. The van der Waals surface area contributed by atoms with Crippen LogP contribution in [0.3, 0.4) is 0 Å². The number of phenolic OH excluding ortho intramolecular Hbond substituents is 1. The molecule has 5 aromatic carbocycles. The lowest BCUT2D eigenvalue weighted by Crippen LogP contribution is -2.21. The van der Waals surface area contributed by atoms with Gasteiger partial charge in [-0.15, -0.1) is 10.2 Å². The summed E-state index contributed by atoms with van der Waals surface area (Å²) in [6.07, 6.45) is 0. The van der Waals surface area contributed by atoms with Gasteiger partial charge in [-0.3, -0.25) is 9.35 Å². The normalized spacial score (nSPS) is 11.8. The van der Waals surface area contributed by atoms with Crippen LogP contribution < -0.4 is 11.1 Å². The van der Waals surface area contributed by atoms with Crippen molar-refractivity contribution in [2.75, 3.05) is 11.1 Å². The predicted octanol–water partition coefficient (Wildman–Crippen LogP) is 6.90. The van der Waals surface area contributed by atoms with Crippen LogP contribution in [-0.4, -0.2) is 35.1 Å². The molecule has 0 heterocycles. The van der Waals surface area contributed by atoms with Crippen molar-refractivity contribution in [2.45, 2.75) is 4.90 Å². The van der Waals surface area contributed by atoms with Crippen LogP contribution in [0.15, 0.2) is 122 Å². The molecule has 0 unspecified atom stereocenters. The first-order valence-corrected chi connectivity index (χ1v) is 14.1. The van der Waals surface area contributed by atoms with E-state index >= 15 is 0 Å². The van der Waals surface area contributed by atoms with Crippen molar-refractivity contribution in [3.63, 3.8) is 0 Å². The van der Waals surface area contributed by atoms with E-state index in [-0.39, 0.29) is 33.6 Å². The molecule has 0 aliphatic rings. The second-order valence-electron chi connectivity index (χ2n) is 9.29. The number of nitrogens with one attached hydrogen (secondary N) is 1. The number of nitrogens with zero attached hydrogens (tertiary/aromatic N) is 4. The molecule has 0 atom stereocenters. The zero-order valence-electron chi connectivity index (χ0n) is 22.5. The molecule has 0 saturated carbocycles. The van der Waals surface area contributed by atoms with Gasteiger partial charge in [0.1, 0.15) is 16.3 Å². The van der Waals surface area contributed by atoms with E-state index in [0.717, 1.165) is 17.2 Å². The lowest BCUT2D eigenvalue weighted by atomic mass is 10.1. The van der Waals surface area contributed by atoms with E-state index in [0.29, 0.717) is 17.1 Å².